The summed E-state index contributed by atoms with van der Waals surface area (Å²) in [6.07, 6.45) is 6.51. The first-order chi connectivity index (χ1) is 10.2. The lowest BCUT2D eigenvalue weighted by Gasteiger charge is -2.18. The van der Waals surface area contributed by atoms with Crippen LogP contribution in [0.3, 0.4) is 0 Å². The van der Waals surface area contributed by atoms with Gasteiger partial charge >= 0.3 is 5.97 Å². The maximum absolute atomic E-state index is 11.8. The van der Waals surface area contributed by atoms with E-state index in [1.807, 2.05) is 19.9 Å². The molecule has 0 fully saturated rings. The zero-order valence-corrected chi connectivity index (χ0v) is 14.1. The van der Waals surface area contributed by atoms with E-state index in [4.69, 9.17) is 4.74 Å². The van der Waals surface area contributed by atoms with Crippen molar-refractivity contribution in [2.75, 3.05) is 0 Å². The predicted octanol–water partition coefficient (Wildman–Crippen LogP) is 4.61. The van der Waals surface area contributed by atoms with Gasteiger partial charge < -0.3 is 4.74 Å². The summed E-state index contributed by atoms with van der Waals surface area (Å²) in [5.74, 6) is -0.234. The van der Waals surface area contributed by atoms with E-state index in [1.165, 1.54) is 21.9 Å². The van der Waals surface area contributed by atoms with E-state index >= 15 is 0 Å². The maximum atomic E-state index is 11.8. The lowest BCUT2D eigenvalue weighted by atomic mass is 9.89. The normalized spacial score (nSPS) is 12.9. The van der Waals surface area contributed by atoms with Crippen molar-refractivity contribution in [1.82, 2.24) is 0 Å². The number of aryl methyl sites for hydroxylation is 1. The van der Waals surface area contributed by atoms with Gasteiger partial charge in [0.2, 0.25) is 0 Å². The molecular weight excluding hydrogens is 292 g/mol. The molecule has 0 unspecified atom stereocenters. The Morgan fingerprint density at radius 3 is 2.82 bits per heavy atom. The van der Waals surface area contributed by atoms with Crippen LogP contribution in [0.25, 0.3) is 16.8 Å². The van der Waals surface area contributed by atoms with E-state index in [-0.39, 0.29) is 25.4 Å². The minimum atomic E-state index is -0.142. The van der Waals surface area contributed by atoms with Gasteiger partial charge in [0.25, 0.3) is 0 Å². The number of allylic oxidation sites excluding steroid dienone is 1. The van der Waals surface area contributed by atoms with E-state index in [9.17, 15) is 4.79 Å². The van der Waals surface area contributed by atoms with Gasteiger partial charge in [-0.3, -0.25) is 4.79 Å². The van der Waals surface area contributed by atoms with Gasteiger partial charge in [0, 0.05) is 5.56 Å². The molecule has 0 spiro atoms. The molecule has 3 heteroatoms. The summed E-state index contributed by atoms with van der Waals surface area (Å²) >= 11 is 0. The first-order valence-corrected chi connectivity index (χ1v) is 7.53. The summed E-state index contributed by atoms with van der Waals surface area (Å²) < 4.78 is 5.49. The number of carbonyl (C=O) groups is 1. The largest absolute Gasteiger partial charge is 0.461 e. The van der Waals surface area contributed by atoms with E-state index in [0.29, 0.717) is 6.61 Å². The number of carbonyl (C=O) groups excluding carboxylic acids is 1. The monoisotopic (exact) mass is 314 g/mol. The fourth-order valence-electron chi connectivity index (χ4n) is 2.82. The van der Waals surface area contributed by atoms with Crippen LogP contribution in [0.1, 0.15) is 37.0 Å². The van der Waals surface area contributed by atoms with Crippen LogP contribution < -0.4 is 0 Å². The standard InChI is InChI=1S/C19H20O2.H2S/c1-13(2)19(20)21-12-18-16-9-5-3-7-14(16)11-15-8-4-6-10-17(15)18;/h3,5-7,9-11,13H,4,8,12H2,1-2H3;1H2. The molecule has 0 aromatic heterocycles. The quantitative estimate of drug-likeness (QED) is 0.773. The highest BCUT2D eigenvalue weighted by Gasteiger charge is 2.16. The minimum Gasteiger partial charge on any atom is -0.461 e. The SMILES string of the molecule is CC(C)C(=O)OCc1c2c(cc3ccccc13)CCC=C2.S. The number of benzene rings is 2. The van der Waals surface area contributed by atoms with Gasteiger partial charge in [0.15, 0.2) is 0 Å². The van der Waals surface area contributed by atoms with Crippen molar-refractivity contribution in [2.45, 2.75) is 33.3 Å². The van der Waals surface area contributed by atoms with Crippen molar-refractivity contribution in [3.63, 3.8) is 0 Å². The molecule has 0 N–H and O–H groups in total. The molecule has 0 atom stereocenters. The Morgan fingerprint density at radius 1 is 1.27 bits per heavy atom. The van der Waals surface area contributed by atoms with E-state index in [2.05, 4.69) is 36.4 Å². The average molecular weight is 314 g/mol. The van der Waals surface area contributed by atoms with E-state index < -0.39 is 0 Å². The molecule has 0 saturated heterocycles. The summed E-state index contributed by atoms with van der Waals surface area (Å²) in [4.78, 5) is 11.8. The van der Waals surface area contributed by atoms with E-state index in [0.717, 1.165) is 18.4 Å². The Balaban J connectivity index is 0.00000176. The lowest BCUT2D eigenvalue weighted by molar-refractivity contribution is -0.148. The van der Waals surface area contributed by atoms with E-state index in [1.54, 1.807) is 0 Å². The zero-order valence-electron chi connectivity index (χ0n) is 13.1. The topological polar surface area (TPSA) is 26.3 Å². The molecule has 116 valence electrons. The third-order valence-corrected chi connectivity index (χ3v) is 3.98. The van der Waals surface area contributed by atoms with Crippen molar-refractivity contribution in [2.24, 2.45) is 5.92 Å². The number of esters is 1. The highest BCUT2D eigenvalue weighted by atomic mass is 32.1. The van der Waals surface area contributed by atoms with Gasteiger partial charge in [-0.2, -0.15) is 13.5 Å². The molecule has 22 heavy (non-hydrogen) atoms. The summed E-state index contributed by atoms with van der Waals surface area (Å²) in [6, 6.07) is 10.6. The third kappa shape index (κ3) is 3.20. The van der Waals surface area contributed by atoms with Crippen LogP contribution in [0, 0.1) is 5.92 Å². The second-order valence-electron chi connectivity index (χ2n) is 5.85. The Kier molecular flexibility index (Phi) is 5.30. The number of ether oxygens (including phenoxy) is 1. The molecule has 3 rings (SSSR count). The summed E-state index contributed by atoms with van der Waals surface area (Å²) in [7, 11) is 0. The van der Waals surface area contributed by atoms with Crippen molar-refractivity contribution in [3.8, 4) is 0 Å². The van der Waals surface area contributed by atoms with Crippen LogP contribution >= 0.6 is 13.5 Å². The number of fused-ring (bicyclic) bond motifs is 2. The molecule has 0 bridgehead atoms. The van der Waals surface area contributed by atoms with Crippen LogP contribution in [-0.2, 0) is 22.6 Å². The van der Waals surface area contributed by atoms with Crippen LogP contribution in [-0.4, -0.2) is 5.97 Å². The predicted molar refractivity (Wildman–Crippen MR) is 96.3 cm³/mol. The van der Waals surface area contributed by atoms with Gasteiger partial charge in [-0.25, -0.2) is 0 Å². The molecular formula is C19H22O2S. The van der Waals surface area contributed by atoms with Crippen molar-refractivity contribution < 1.29 is 9.53 Å². The number of hydrogen-bond donors (Lipinski definition) is 0. The lowest BCUT2D eigenvalue weighted by Crippen LogP contribution is -2.12. The van der Waals surface area contributed by atoms with Gasteiger partial charge in [-0.15, -0.1) is 0 Å². The molecule has 2 aromatic rings. The Labute approximate surface area is 138 Å². The van der Waals surface area contributed by atoms with Crippen molar-refractivity contribution in [1.29, 1.82) is 0 Å². The van der Waals surface area contributed by atoms with Gasteiger partial charge in [0.05, 0.1) is 5.92 Å². The zero-order chi connectivity index (χ0) is 14.8. The molecule has 0 radical (unpaired) electrons. The van der Waals surface area contributed by atoms with Gasteiger partial charge in [0.1, 0.15) is 6.61 Å². The van der Waals surface area contributed by atoms with Crippen LogP contribution in [0.5, 0.6) is 0 Å². The highest BCUT2D eigenvalue weighted by Crippen LogP contribution is 2.31. The fourth-order valence-corrected chi connectivity index (χ4v) is 2.82. The number of rotatable bonds is 3. The highest BCUT2D eigenvalue weighted by molar-refractivity contribution is 7.59. The van der Waals surface area contributed by atoms with Crippen molar-refractivity contribution in [3.05, 3.63) is 53.1 Å². The summed E-state index contributed by atoms with van der Waals surface area (Å²) in [5, 5.41) is 2.40. The Morgan fingerprint density at radius 2 is 2.05 bits per heavy atom. The summed E-state index contributed by atoms with van der Waals surface area (Å²) in [5.41, 5.74) is 3.72. The van der Waals surface area contributed by atoms with Crippen LogP contribution in [0.4, 0.5) is 0 Å². The first-order valence-electron chi connectivity index (χ1n) is 7.53. The molecule has 2 aromatic carbocycles. The first kappa shape index (κ1) is 16.6. The maximum Gasteiger partial charge on any atom is 0.308 e. The summed E-state index contributed by atoms with van der Waals surface area (Å²) in [6.45, 7) is 4.08. The third-order valence-electron chi connectivity index (χ3n) is 3.98. The second kappa shape index (κ2) is 7.01. The molecule has 0 amide bonds. The van der Waals surface area contributed by atoms with Crippen molar-refractivity contribution >= 4 is 36.3 Å². The molecule has 1 aliphatic carbocycles. The smallest absolute Gasteiger partial charge is 0.308 e. The number of hydrogen-bond acceptors (Lipinski definition) is 2. The molecule has 0 saturated carbocycles. The molecule has 1 aliphatic rings. The fraction of sp³-hybridized carbons (Fsp3) is 0.316. The van der Waals surface area contributed by atoms with Crippen LogP contribution in [0.2, 0.25) is 0 Å². The Bertz CT molecular complexity index is 717. The van der Waals surface area contributed by atoms with Crippen LogP contribution in [0.15, 0.2) is 36.4 Å². The molecule has 2 nitrogen and oxygen atoms in total. The average Bonchev–Trinajstić information content (AvgIpc) is 2.51. The second-order valence-corrected chi connectivity index (χ2v) is 5.85. The Hall–Kier alpha value is -1.74. The molecule has 0 heterocycles. The van der Waals surface area contributed by atoms with Gasteiger partial charge in [-0.1, -0.05) is 56.3 Å². The van der Waals surface area contributed by atoms with Gasteiger partial charge in [-0.05, 0) is 34.7 Å². The molecule has 0 aliphatic heterocycles. The minimum absolute atomic E-state index is 0.